The zero-order valence-electron chi connectivity index (χ0n) is 22.1. The smallest absolute Gasteiger partial charge is 0.254 e. The van der Waals surface area contributed by atoms with Crippen molar-refractivity contribution in [3.8, 4) is 0 Å². The molecule has 8 heteroatoms. The minimum Gasteiger partial charge on any atom is -0.382 e. The Morgan fingerprint density at radius 1 is 1.11 bits per heavy atom. The standard InChI is InChI=1S/C29H38N6O2/c1-19(2)35(20(3)4)29(37)22-10-8-21(9-11-22)26-17-25(12-15-34(26)18-27-31-13-14-32-27)33-24-7-5-6-23(16-24)28(30)36/h5-11,13-14,16,19-20,25-26,33H,12,15,17-18H2,1-4H3,(H2,30,36)(H,31,32). The molecular weight excluding hydrogens is 464 g/mol. The Labute approximate surface area is 219 Å². The van der Waals surface area contributed by atoms with Gasteiger partial charge in [0.1, 0.15) is 5.82 Å². The fourth-order valence-corrected chi connectivity index (χ4v) is 5.32. The van der Waals surface area contributed by atoms with Crippen molar-refractivity contribution in [3.63, 3.8) is 0 Å². The summed E-state index contributed by atoms with van der Waals surface area (Å²) in [5.74, 6) is 0.557. The van der Waals surface area contributed by atoms with E-state index >= 15 is 0 Å². The van der Waals surface area contributed by atoms with Crippen molar-refractivity contribution in [3.05, 3.63) is 83.4 Å². The number of hydrogen-bond acceptors (Lipinski definition) is 5. The van der Waals surface area contributed by atoms with Crippen LogP contribution in [0.15, 0.2) is 60.9 Å². The summed E-state index contributed by atoms with van der Waals surface area (Å²) in [6, 6.07) is 16.1. The normalized spacial score (nSPS) is 18.2. The van der Waals surface area contributed by atoms with Gasteiger partial charge in [0.05, 0.1) is 6.54 Å². The Kier molecular flexibility index (Phi) is 8.28. The molecule has 37 heavy (non-hydrogen) atoms. The van der Waals surface area contributed by atoms with Crippen molar-refractivity contribution in [2.75, 3.05) is 11.9 Å². The molecule has 0 bridgehead atoms. The van der Waals surface area contributed by atoms with Crippen LogP contribution in [0.4, 0.5) is 5.69 Å². The number of nitrogens with one attached hydrogen (secondary N) is 2. The third-order valence-electron chi connectivity index (χ3n) is 7.03. The van der Waals surface area contributed by atoms with E-state index in [4.69, 9.17) is 5.73 Å². The van der Waals surface area contributed by atoms with E-state index in [0.717, 1.165) is 37.4 Å². The molecule has 1 fully saturated rings. The number of imidazole rings is 1. The lowest BCUT2D eigenvalue weighted by Crippen LogP contribution is -2.42. The molecule has 0 aliphatic carbocycles. The maximum Gasteiger partial charge on any atom is 0.254 e. The summed E-state index contributed by atoms with van der Waals surface area (Å²) in [5.41, 5.74) is 8.73. The van der Waals surface area contributed by atoms with Crippen molar-refractivity contribution in [2.24, 2.45) is 5.73 Å². The highest BCUT2D eigenvalue weighted by Gasteiger charge is 2.31. The van der Waals surface area contributed by atoms with Gasteiger partial charge in [0, 0.05) is 59.9 Å². The number of anilines is 1. The number of carbonyl (C=O) groups excluding carboxylic acids is 2. The zero-order chi connectivity index (χ0) is 26.5. The number of nitrogens with two attached hydrogens (primary N) is 1. The first-order valence-corrected chi connectivity index (χ1v) is 13.0. The predicted molar refractivity (Wildman–Crippen MR) is 146 cm³/mol. The number of nitrogens with zero attached hydrogens (tertiary/aromatic N) is 3. The largest absolute Gasteiger partial charge is 0.382 e. The second-order valence-corrected chi connectivity index (χ2v) is 10.4. The summed E-state index contributed by atoms with van der Waals surface area (Å²) >= 11 is 0. The fraction of sp³-hybridized carbons (Fsp3) is 0.414. The van der Waals surface area contributed by atoms with Crippen molar-refractivity contribution in [1.29, 1.82) is 0 Å². The van der Waals surface area contributed by atoms with Crippen LogP contribution in [0.5, 0.6) is 0 Å². The van der Waals surface area contributed by atoms with Gasteiger partial charge in [-0.25, -0.2) is 4.98 Å². The van der Waals surface area contributed by atoms with Crippen molar-refractivity contribution in [1.82, 2.24) is 19.8 Å². The molecule has 4 N–H and O–H groups in total. The molecular formula is C29H38N6O2. The average molecular weight is 503 g/mol. The molecule has 2 unspecified atom stereocenters. The van der Waals surface area contributed by atoms with E-state index in [2.05, 4.69) is 32.3 Å². The van der Waals surface area contributed by atoms with Gasteiger partial charge in [-0.15, -0.1) is 0 Å². The summed E-state index contributed by atoms with van der Waals surface area (Å²) < 4.78 is 0. The molecule has 1 aliphatic rings. The summed E-state index contributed by atoms with van der Waals surface area (Å²) in [7, 11) is 0. The number of aromatic nitrogens is 2. The zero-order valence-corrected chi connectivity index (χ0v) is 22.1. The summed E-state index contributed by atoms with van der Waals surface area (Å²) in [6.45, 7) is 9.80. The van der Waals surface area contributed by atoms with Crippen LogP contribution in [-0.2, 0) is 6.54 Å². The molecule has 0 radical (unpaired) electrons. The van der Waals surface area contributed by atoms with E-state index < -0.39 is 5.91 Å². The number of carbonyl (C=O) groups is 2. The number of rotatable bonds is 9. The van der Waals surface area contributed by atoms with Gasteiger partial charge >= 0.3 is 0 Å². The predicted octanol–water partition coefficient (Wildman–Crippen LogP) is 4.59. The fourth-order valence-electron chi connectivity index (χ4n) is 5.32. The van der Waals surface area contributed by atoms with Gasteiger partial charge in [0.15, 0.2) is 0 Å². The van der Waals surface area contributed by atoms with Crippen LogP contribution in [-0.4, -0.2) is 56.3 Å². The van der Waals surface area contributed by atoms with Crippen LogP contribution in [0.25, 0.3) is 0 Å². The molecule has 2 amide bonds. The Balaban J connectivity index is 1.55. The van der Waals surface area contributed by atoms with Crippen LogP contribution in [0, 0.1) is 0 Å². The lowest BCUT2D eigenvalue weighted by atomic mass is 9.90. The monoisotopic (exact) mass is 502 g/mol. The number of piperidine rings is 1. The third kappa shape index (κ3) is 6.38. The SMILES string of the molecule is CC(C)N(C(=O)c1ccc(C2CC(Nc3cccc(C(N)=O)c3)CCN2Cc2ncc[nH]2)cc1)C(C)C. The molecule has 1 aliphatic heterocycles. The lowest BCUT2D eigenvalue weighted by Gasteiger charge is -2.40. The van der Waals surface area contributed by atoms with Gasteiger partial charge in [-0.1, -0.05) is 18.2 Å². The highest BCUT2D eigenvalue weighted by molar-refractivity contribution is 5.94. The maximum absolute atomic E-state index is 13.2. The Hall–Kier alpha value is -3.65. The van der Waals surface area contributed by atoms with E-state index in [-0.39, 0.29) is 30.1 Å². The Morgan fingerprint density at radius 2 is 1.84 bits per heavy atom. The first-order chi connectivity index (χ1) is 17.7. The number of primary amides is 1. The molecule has 1 aromatic heterocycles. The van der Waals surface area contributed by atoms with Crippen LogP contribution in [0.3, 0.4) is 0 Å². The molecule has 2 aromatic carbocycles. The second kappa shape index (κ2) is 11.6. The minimum absolute atomic E-state index is 0.0570. The molecule has 8 nitrogen and oxygen atoms in total. The summed E-state index contributed by atoms with van der Waals surface area (Å²) in [4.78, 5) is 36.8. The Morgan fingerprint density at radius 3 is 2.46 bits per heavy atom. The van der Waals surface area contributed by atoms with E-state index in [9.17, 15) is 9.59 Å². The lowest BCUT2D eigenvalue weighted by molar-refractivity contribution is 0.0643. The quantitative estimate of drug-likeness (QED) is 0.397. The van der Waals surface area contributed by atoms with Crippen molar-refractivity contribution < 1.29 is 9.59 Å². The van der Waals surface area contributed by atoms with E-state index in [1.807, 2.05) is 69.1 Å². The molecule has 0 spiro atoms. The van der Waals surface area contributed by atoms with Gasteiger partial charge in [-0.3, -0.25) is 14.5 Å². The topological polar surface area (TPSA) is 107 Å². The van der Waals surface area contributed by atoms with Gasteiger partial charge < -0.3 is 20.9 Å². The summed E-state index contributed by atoms with van der Waals surface area (Å²) in [6.07, 6.45) is 5.45. The van der Waals surface area contributed by atoms with Crippen LogP contribution in [0.2, 0.25) is 0 Å². The van der Waals surface area contributed by atoms with Gasteiger partial charge in [0.25, 0.3) is 5.91 Å². The maximum atomic E-state index is 13.2. The number of aromatic amines is 1. The highest BCUT2D eigenvalue weighted by Crippen LogP contribution is 2.34. The minimum atomic E-state index is -0.432. The number of hydrogen-bond donors (Lipinski definition) is 3. The van der Waals surface area contributed by atoms with Gasteiger partial charge in [-0.05, 0) is 76.4 Å². The number of amides is 2. The molecule has 0 saturated carbocycles. The first-order valence-electron chi connectivity index (χ1n) is 13.0. The van der Waals surface area contributed by atoms with Crippen LogP contribution >= 0.6 is 0 Å². The van der Waals surface area contributed by atoms with E-state index in [1.54, 1.807) is 12.3 Å². The van der Waals surface area contributed by atoms with Gasteiger partial charge in [-0.2, -0.15) is 0 Å². The van der Waals surface area contributed by atoms with Crippen LogP contribution in [0.1, 0.15) is 78.7 Å². The van der Waals surface area contributed by atoms with Crippen molar-refractivity contribution in [2.45, 2.75) is 71.2 Å². The van der Waals surface area contributed by atoms with E-state index in [0.29, 0.717) is 11.1 Å². The summed E-state index contributed by atoms with van der Waals surface area (Å²) in [5, 5.41) is 3.61. The molecule has 2 atom stereocenters. The Bertz CT molecular complexity index is 1180. The third-order valence-corrected chi connectivity index (χ3v) is 7.03. The average Bonchev–Trinajstić information content (AvgIpc) is 3.38. The second-order valence-electron chi connectivity index (χ2n) is 10.4. The molecule has 196 valence electrons. The number of likely N-dealkylation sites (tertiary alicyclic amines) is 1. The number of H-pyrrole nitrogens is 1. The van der Waals surface area contributed by atoms with Crippen molar-refractivity contribution >= 4 is 17.5 Å². The van der Waals surface area contributed by atoms with Crippen LogP contribution < -0.4 is 11.1 Å². The van der Waals surface area contributed by atoms with Gasteiger partial charge in [0.2, 0.25) is 5.91 Å². The molecule has 1 saturated heterocycles. The molecule has 3 aromatic rings. The molecule has 4 rings (SSSR count). The number of benzene rings is 2. The first kappa shape index (κ1) is 26.4. The van der Waals surface area contributed by atoms with E-state index in [1.165, 1.54) is 5.56 Å². The highest BCUT2D eigenvalue weighted by atomic mass is 16.2. The molecule has 2 heterocycles.